The Balaban J connectivity index is 1.30. The first-order valence-electron chi connectivity index (χ1n) is 10.3. The van der Waals surface area contributed by atoms with Crippen LogP contribution in [-0.4, -0.2) is 59.5 Å². The Kier molecular flexibility index (Phi) is 5.96. The average molecular weight is 410 g/mol. The van der Waals surface area contributed by atoms with Crippen molar-refractivity contribution in [2.24, 2.45) is 0 Å². The fourth-order valence-electron chi connectivity index (χ4n) is 4.05. The van der Waals surface area contributed by atoms with Gasteiger partial charge < -0.3 is 10.1 Å². The molecule has 2 heterocycles. The van der Waals surface area contributed by atoms with E-state index in [2.05, 4.69) is 33.3 Å². The van der Waals surface area contributed by atoms with Crippen LogP contribution in [0.2, 0.25) is 0 Å². The van der Waals surface area contributed by atoms with Crippen LogP contribution in [0.4, 0.5) is 11.4 Å². The number of ether oxygens (including phenoxy) is 1. The summed E-state index contributed by atoms with van der Waals surface area (Å²) in [6, 6.07) is 12.3. The average Bonchev–Trinajstić information content (AvgIpc) is 3.22. The molecule has 1 saturated heterocycles. The molecule has 0 saturated carbocycles. The maximum Gasteiger partial charge on any atom is 0.292 e. The van der Waals surface area contributed by atoms with Crippen molar-refractivity contribution in [3.63, 3.8) is 0 Å². The summed E-state index contributed by atoms with van der Waals surface area (Å²) >= 11 is 0. The molecular formula is C22H26N4O4. The maximum atomic E-state index is 12.7. The van der Waals surface area contributed by atoms with E-state index in [1.54, 1.807) is 18.2 Å². The van der Waals surface area contributed by atoms with Gasteiger partial charge in [-0.1, -0.05) is 24.3 Å². The van der Waals surface area contributed by atoms with Gasteiger partial charge in [0, 0.05) is 45.2 Å². The zero-order chi connectivity index (χ0) is 21.1. The van der Waals surface area contributed by atoms with Gasteiger partial charge in [-0.2, -0.15) is 0 Å². The van der Waals surface area contributed by atoms with Gasteiger partial charge in [-0.05, 0) is 30.2 Å². The van der Waals surface area contributed by atoms with Gasteiger partial charge in [0.05, 0.1) is 17.6 Å². The van der Waals surface area contributed by atoms with Gasteiger partial charge in [-0.3, -0.25) is 24.7 Å². The van der Waals surface area contributed by atoms with E-state index in [0.29, 0.717) is 0 Å². The minimum absolute atomic E-state index is 0.0948. The molecule has 1 N–H and O–H groups in total. The van der Waals surface area contributed by atoms with E-state index in [1.807, 2.05) is 6.92 Å². The number of rotatable bonds is 6. The number of anilines is 1. The van der Waals surface area contributed by atoms with Crippen LogP contribution >= 0.6 is 0 Å². The summed E-state index contributed by atoms with van der Waals surface area (Å²) in [4.78, 5) is 27.9. The maximum absolute atomic E-state index is 12.7. The summed E-state index contributed by atoms with van der Waals surface area (Å²) in [6.07, 6.45) is 0.975. The van der Waals surface area contributed by atoms with E-state index >= 15 is 0 Å². The van der Waals surface area contributed by atoms with Crippen LogP contribution in [0.3, 0.4) is 0 Å². The lowest BCUT2D eigenvalue weighted by atomic mass is 10.1. The van der Waals surface area contributed by atoms with Gasteiger partial charge in [-0.15, -0.1) is 0 Å². The molecule has 1 atom stereocenters. The molecule has 2 aromatic rings. The molecule has 2 aliphatic rings. The highest BCUT2D eigenvalue weighted by Gasteiger charge is 2.27. The zero-order valence-electron chi connectivity index (χ0n) is 17.0. The molecule has 0 aliphatic carbocycles. The van der Waals surface area contributed by atoms with Crippen LogP contribution in [0.1, 0.15) is 18.1 Å². The largest absolute Gasteiger partial charge is 0.493 e. The molecule has 0 radical (unpaired) electrons. The first-order chi connectivity index (χ1) is 14.5. The van der Waals surface area contributed by atoms with E-state index in [-0.39, 0.29) is 23.3 Å². The van der Waals surface area contributed by atoms with E-state index in [4.69, 9.17) is 4.74 Å². The van der Waals surface area contributed by atoms with Gasteiger partial charge in [0.1, 0.15) is 11.4 Å². The molecule has 8 heteroatoms. The Morgan fingerprint density at radius 1 is 1.20 bits per heavy atom. The highest BCUT2D eigenvalue weighted by Crippen LogP contribution is 2.27. The van der Waals surface area contributed by atoms with Crippen LogP contribution in [0, 0.1) is 10.1 Å². The summed E-state index contributed by atoms with van der Waals surface area (Å²) in [7, 11) is 0. The standard InChI is InChI=1S/C22H26N4O4/c1-16(22(27)23-19-4-2-3-5-20(19)26(28)29)25-11-9-24(10-12-25)15-17-6-7-21-18(14-17)8-13-30-21/h2-7,14,16H,8-13,15H2,1H3,(H,23,27)/t16-/m0/s1. The molecule has 0 bridgehead atoms. The van der Waals surface area contributed by atoms with E-state index in [1.165, 1.54) is 17.2 Å². The molecule has 158 valence electrons. The molecule has 0 unspecified atom stereocenters. The minimum Gasteiger partial charge on any atom is -0.493 e. The molecule has 1 fully saturated rings. The van der Waals surface area contributed by atoms with E-state index in [0.717, 1.165) is 51.5 Å². The number of amides is 1. The van der Waals surface area contributed by atoms with Gasteiger partial charge in [0.15, 0.2) is 0 Å². The summed E-state index contributed by atoms with van der Waals surface area (Å²) in [5.74, 6) is 0.776. The molecule has 2 aliphatic heterocycles. The summed E-state index contributed by atoms with van der Waals surface area (Å²) < 4.78 is 5.57. The molecule has 8 nitrogen and oxygen atoms in total. The third kappa shape index (κ3) is 4.44. The monoisotopic (exact) mass is 410 g/mol. The Bertz CT molecular complexity index is 940. The van der Waals surface area contributed by atoms with E-state index in [9.17, 15) is 14.9 Å². The van der Waals surface area contributed by atoms with Crippen molar-refractivity contribution in [2.75, 3.05) is 38.1 Å². The zero-order valence-corrected chi connectivity index (χ0v) is 17.0. The van der Waals surface area contributed by atoms with Crippen molar-refractivity contribution in [1.82, 2.24) is 9.80 Å². The number of nitro benzene ring substituents is 1. The first-order valence-corrected chi connectivity index (χ1v) is 10.3. The topological polar surface area (TPSA) is 87.9 Å². The molecule has 4 rings (SSSR count). The number of para-hydroxylation sites is 2. The third-order valence-electron chi connectivity index (χ3n) is 5.85. The van der Waals surface area contributed by atoms with Crippen LogP contribution in [0.25, 0.3) is 0 Å². The second-order valence-electron chi connectivity index (χ2n) is 7.79. The lowest BCUT2D eigenvalue weighted by Crippen LogP contribution is -2.52. The van der Waals surface area contributed by atoms with Crippen LogP contribution in [0.15, 0.2) is 42.5 Å². The lowest BCUT2D eigenvalue weighted by Gasteiger charge is -2.37. The Hall–Kier alpha value is -2.97. The number of hydrogen-bond acceptors (Lipinski definition) is 6. The number of carbonyl (C=O) groups excluding carboxylic acids is 1. The number of carbonyl (C=O) groups is 1. The quantitative estimate of drug-likeness (QED) is 0.582. The van der Waals surface area contributed by atoms with Gasteiger partial charge in [0.25, 0.3) is 5.69 Å². The number of piperazine rings is 1. The predicted octanol–water partition coefficient (Wildman–Crippen LogP) is 2.67. The van der Waals surface area contributed by atoms with Crippen molar-refractivity contribution < 1.29 is 14.5 Å². The summed E-state index contributed by atoms with van der Waals surface area (Å²) in [6.45, 7) is 6.80. The first kappa shape index (κ1) is 20.3. The van der Waals surface area contributed by atoms with E-state index < -0.39 is 4.92 Å². The van der Waals surface area contributed by atoms with Crippen molar-refractivity contribution in [3.05, 3.63) is 63.7 Å². The van der Waals surface area contributed by atoms with Crippen LogP contribution in [0.5, 0.6) is 5.75 Å². The molecule has 2 aromatic carbocycles. The second kappa shape index (κ2) is 8.81. The Labute approximate surface area is 175 Å². The van der Waals surface area contributed by atoms with Crippen molar-refractivity contribution in [1.29, 1.82) is 0 Å². The highest BCUT2D eigenvalue weighted by molar-refractivity contribution is 5.96. The number of hydrogen-bond donors (Lipinski definition) is 1. The molecular weight excluding hydrogens is 384 g/mol. The van der Waals surface area contributed by atoms with Crippen molar-refractivity contribution >= 4 is 17.3 Å². The highest BCUT2D eigenvalue weighted by atomic mass is 16.6. The normalized spacial score (nSPS) is 17.8. The summed E-state index contributed by atoms with van der Waals surface area (Å²) in [5.41, 5.74) is 2.71. The number of benzene rings is 2. The van der Waals surface area contributed by atoms with Gasteiger partial charge >= 0.3 is 0 Å². The molecule has 0 aromatic heterocycles. The smallest absolute Gasteiger partial charge is 0.292 e. The Morgan fingerprint density at radius 3 is 2.73 bits per heavy atom. The second-order valence-corrected chi connectivity index (χ2v) is 7.79. The van der Waals surface area contributed by atoms with Crippen molar-refractivity contribution in [2.45, 2.75) is 25.9 Å². The Morgan fingerprint density at radius 2 is 1.97 bits per heavy atom. The number of nitro groups is 1. The molecule has 0 spiro atoms. The van der Waals surface area contributed by atoms with Gasteiger partial charge in [-0.25, -0.2) is 0 Å². The SMILES string of the molecule is C[C@@H](C(=O)Nc1ccccc1[N+](=O)[O-])N1CCN(Cc2ccc3c(c2)CCO3)CC1. The predicted molar refractivity (Wildman–Crippen MR) is 114 cm³/mol. The van der Waals surface area contributed by atoms with Crippen LogP contribution < -0.4 is 10.1 Å². The number of fused-ring (bicyclic) bond motifs is 1. The molecule has 1 amide bonds. The fourth-order valence-corrected chi connectivity index (χ4v) is 4.05. The molecule has 30 heavy (non-hydrogen) atoms. The third-order valence-corrected chi connectivity index (χ3v) is 5.85. The van der Waals surface area contributed by atoms with Gasteiger partial charge in [0.2, 0.25) is 5.91 Å². The summed E-state index contributed by atoms with van der Waals surface area (Å²) in [5, 5.41) is 13.9. The number of nitrogens with one attached hydrogen (secondary N) is 1. The van der Waals surface area contributed by atoms with Crippen molar-refractivity contribution in [3.8, 4) is 5.75 Å². The fraction of sp³-hybridized carbons (Fsp3) is 0.409. The number of nitrogens with zero attached hydrogens (tertiary/aromatic N) is 3. The lowest BCUT2D eigenvalue weighted by molar-refractivity contribution is -0.383. The minimum atomic E-state index is -0.482. The van der Waals surface area contributed by atoms with Crippen LogP contribution in [-0.2, 0) is 17.8 Å².